The van der Waals surface area contributed by atoms with Crippen LogP contribution >= 0.6 is 0 Å². The second-order valence-electron chi connectivity index (χ2n) is 2.13. The van der Waals surface area contributed by atoms with E-state index in [1.165, 1.54) is 0 Å². The van der Waals surface area contributed by atoms with Gasteiger partial charge >= 0.3 is 5.97 Å². The van der Waals surface area contributed by atoms with Gasteiger partial charge in [0, 0.05) is 6.54 Å². The van der Waals surface area contributed by atoms with Crippen LogP contribution in [-0.4, -0.2) is 23.8 Å². The predicted molar refractivity (Wildman–Crippen MR) is 36.3 cm³/mol. The molecule has 0 aromatic carbocycles. The van der Waals surface area contributed by atoms with Crippen LogP contribution in [0.1, 0.15) is 6.42 Å². The number of rotatable bonds is 2. The highest BCUT2D eigenvalue weighted by Gasteiger charge is 2.10. The first kappa shape index (κ1) is 7.08. The molecule has 56 valence electrons. The molecule has 0 fully saturated rings. The van der Waals surface area contributed by atoms with Crippen molar-refractivity contribution in [3.63, 3.8) is 0 Å². The average Bonchev–Trinajstić information content (AvgIpc) is 1.88. The summed E-state index contributed by atoms with van der Waals surface area (Å²) in [5, 5.41) is 14.2. The normalized spacial score (nSPS) is 23.8. The van der Waals surface area contributed by atoms with E-state index in [4.69, 9.17) is 5.11 Å². The lowest BCUT2D eigenvalue weighted by molar-refractivity contribution is -0.137. The quantitative estimate of drug-likeness (QED) is 0.486. The van der Waals surface area contributed by atoms with Gasteiger partial charge in [0.1, 0.15) is 0 Å². The first-order chi connectivity index (χ1) is 4.79. The van der Waals surface area contributed by atoms with Crippen LogP contribution in [0.3, 0.4) is 0 Å². The Morgan fingerprint density at radius 2 is 2.60 bits per heavy atom. The Morgan fingerprint density at radius 3 is 3.10 bits per heavy atom. The first-order valence-electron chi connectivity index (χ1n) is 3.15. The molecule has 1 aliphatic rings. The molecule has 4 heteroatoms. The van der Waals surface area contributed by atoms with E-state index >= 15 is 0 Å². The van der Waals surface area contributed by atoms with E-state index in [2.05, 4.69) is 10.6 Å². The summed E-state index contributed by atoms with van der Waals surface area (Å²) in [5.41, 5.74) is 0. The molecule has 0 saturated carbocycles. The zero-order chi connectivity index (χ0) is 7.40. The van der Waals surface area contributed by atoms with Crippen LogP contribution in [0.15, 0.2) is 12.3 Å². The molecule has 10 heavy (non-hydrogen) atoms. The standard InChI is InChI=1S/C6H10N2O2/c9-6(10)4-5-7-2-1-3-8-5/h1-2,5,7-8H,3-4H2,(H,9,10). The predicted octanol–water partition coefficient (Wildman–Crippen LogP) is -0.506. The third-order valence-electron chi connectivity index (χ3n) is 1.28. The fourth-order valence-corrected chi connectivity index (χ4v) is 0.818. The van der Waals surface area contributed by atoms with Gasteiger partial charge < -0.3 is 10.4 Å². The van der Waals surface area contributed by atoms with E-state index in [1.54, 1.807) is 6.20 Å². The lowest BCUT2D eigenvalue weighted by Gasteiger charge is -2.19. The molecule has 0 bridgehead atoms. The van der Waals surface area contributed by atoms with Gasteiger partial charge in [-0.25, -0.2) is 0 Å². The van der Waals surface area contributed by atoms with Crippen molar-refractivity contribution in [2.45, 2.75) is 12.6 Å². The highest BCUT2D eigenvalue weighted by molar-refractivity contribution is 5.67. The van der Waals surface area contributed by atoms with Crippen LogP contribution in [0.2, 0.25) is 0 Å². The Morgan fingerprint density at radius 1 is 1.80 bits per heavy atom. The van der Waals surface area contributed by atoms with Gasteiger partial charge in [0.2, 0.25) is 0 Å². The van der Waals surface area contributed by atoms with Crippen molar-refractivity contribution in [3.05, 3.63) is 12.3 Å². The molecule has 0 radical (unpaired) electrons. The van der Waals surface area contributed by atoms with Crippen molar-refractivity contribution >= 4 is 5.97 Å². The van der Waals surface area contributed by atoms with E-state index in [0.717, 1.165) is 6.54 Å². The number of nitrogens with one attached hydrogen (secondary N) is 2. The minimum absolute atomic E-state index is 0.109. The highest BCUT2D eigenvalue weighted by Crippen LogP contribution is 1.91. The lowest BCUT2D eigenvalue weighted by Crippen LogP contribution is -2.43. The van der Waals surface area contributed by atoms with Crippen molar-refractivity contribution in [1.29, 1.82) is 0 Å². The van der Waals surface area contributed by atoms with Crippen LogP contribution in [-0.2, 0) is 4.79 Å². The Bertz CT molecular complexity index is 156. The number of hydrogen-bond acceptors (Lipinski definition) is 3. The summed E-state index contributed by atoms with van der Waals surface area (Å²) in [7, 11) is 0. The minimum atomic E-state index is -0.791. The highest BCUT2D eigenvalue weighted by atomic mass is 16.4. The lowest BCUT2D eigenvalue weighted by atomic mass is 10.3. The fourth-order valence-electron chi connectivity index (χ4n) is 0.818. The van der Waals surface area contributed by atoms with Gasteiger partial charge in [-0.2, -0.15) is 0 Å². The Kier molecular flexibility index (Phi) is 2.28. The minimum Gasteiger partial charge on any atom is -0.481 e. The van der Waals surface area contributed by atoms with Crippen LogP contribution in [0, 0.1) is 0 Å². The van der Waals surface area contributed by atoms with Crippen molar-refractivity contribution in [3.8, 4) is 0 Å². The van der Waals surface area contributed by atoms with E-state index in [1.807, 2.05) is 6.08 Å². The van der Waals surface area contributed by atoms with Gasteiger partial charge in [0.15, 0.2) is 0 Å². The second-order valence-corrected chi connectivity index (χ2v) is 2.13. The Labute approximate surface area is 58.9 Å². The summed E-state index contributed by atoms with van der Waals surface area (Å²) in [5.74, 6) is -0.791. The third kappa shape index (κ3) is 2.06. The molecular weight excluding hydrogens is 132 g/mol. The smallest absolute Gasteiger partial charge is 0.306 e. The number of aliphatic carboxylic acids is 1. The van der Waals surface area contributed by atoms with Gasteiger partial charge in [-0.3, -0.25) is 10.1 Å². The maximum absolute atomic E-state index is 10.2. The molecule has 1 aliphatic heterocycles. The molecule has 0 aliphatic carbocycles. The molecule has 1 heterocycles. The molecule has 1 unspecified atom stereocenters. The Hall–Kier alpha value is -1.03. The second kappa shape index (κ2) is 3.22. The summed E-state index contributed by atoms with van der Waals surface area (Å²) >= 11 is 0. The third-order valence-corrected chi connectivity index (χ3v) is 1.28. The van der Waals surface area contributed by atoms with Crippen LogP contribution in [0.25, 0.3) is 0 Å². The van der Waals surface area contributed by atoms with Crippen molar-refractivity contribution in [1.82, 2.24) is 10.6 Å². The Balaban J connectivity index is 2.28. The molecule has 0 spiro atoms. The molecule has 3 N–H and O–H groups in total. The van der Waals surface area contributed by atoms with Crippen LogP contribution < -0.4 is 10.6 Å². The van der Waals surface area contributed by atoms with Crippen molar-refractivity contribution in [2.75, 3.05) is 6.54 Å². The van der Waals surface area contributed by atoms with Gasteiger partial charge in [0.05, 0.1) is 12.6 Å². The summed E-state index contributed by atoms with van der Waals surface area (Å²) in [6.07, 6.45) is 3.68. The topological polar surface area (TPSA) is 61.4 Å². The molecular formula is C6H10N2O2. The van der Waals surface area contributed by atoms with E-state index in [0.29, 0.717) is 0 Å². The number of carbonyl (C=O) groups is 1. The molecule has 0 amide bonds. The number of carboxylic acid groups (broad SMARTS) is 1. The number of carboxylic acids is 1. The van der Waals surface area contributed by atoms with Gasteiger partial charge in [-0.05, 0) is 6.20 Å². The summed E-state index contributed by atoms with van der Waals surface area (Å²) < 4.78 is 0. The molecule has 1 rings (SSSR count). The van der Waals surface area contributed by atoms with E-state index in [9.17, 15) is 4.79 Å². The molecule has 0 aromatic rings. The number of hydrogen-bond donors (Lipinski definition) is 3. The van der Waals surface area contributed by atoms with Crippen LogP contribution in [0.4, 0.5) is 0 Å². The monoisotopic (exact) mass is 142 g/mol. The first-order valence-corrected chi connectivity index (χ1v) is 3.15. The maximum Gasteiger partial charge on any atom is 0.306 e. The zero-order valence-electron chi connectivity index (χ0n) is 5.50. The summed E-state index contributed by atoms with van der Waals surface area (Å²) in [4.78, 5) is 10.2. The average molecular weight is 142 g/mol. The van der Waals surface area contributed by atoms with Crippen LogP contribution in [0.5, 0.6) is 0 Å². The SMILES string of the molecule is O=C(O)CC1NC=CCN1. The fraction of sp³-hybridized carbons (Fsp3) is 0.500. The van der Waals surface area contributed by atoms with Gasteiger partial charge in [-0.15, -0.1) is 0 Å². The van der Waals surface area contributed by atoms with E-state index in [-0.39, 0.29) is 12.6 Å². The summed E-state index contributed by atoms with van der Waals surface area (Å²) in [6, 6.07) is 0. The van der Waals surface area contributed by atoms with Gasteiger partial charge in [-0.1, -0.05) is 6.08 Å². The van der Waals surface area contributed by atoms with Crippen molar-refractivity contribution in [2.24, 2.45) is 0 Å². The molecule has 0 aromatic heterocycles. The van der Waals surface area contributed by atoms with Gasteiger partial charge in [0.25, 0.3) is 0 Å². The molecule has 0 saturated heterocycles. The summed E-state index contributed by atoms with van der Waals surface area (Å²) in [6.45, 7) is 0.741. The van der Waals surface area contributed by atoms with Crippen molar-refractivity contribution < 1.29 is 9.90 Å². The molecule has 1 atom stereocenters. The van der Waals surface area contributed by atoms with E-state index < -0.39 is 5.97 Å². The largest absolute Gasteiger partial charge is 0.481 e. The maximum atomic E-state index is 10.2. The molecule has 4 nitrogen and oxygen atoms in total. The zero-order valence-corrected chi connectivity index (χ0v) is 5.50.